The minimum atomic E-state index is -3.48. The largest absolute Gasteiger partial charge is 0.363 e. The van der Waals surface area contributed by atoms with Gasteiger partial charge in [0, 0.05) is 25.2 Å². The number of sulfonamides is 1. The van der Waals surface area contributed by atoms with Crippen LogP contribution in [-0.4, -0.2) is 46.0 Å². The molecule has 4 rings (SSSR count). The fourth-order valence-corrected chi connectivity index (χ4v) is 3.66. The average molecular weight is 295 g/mol. The molecule has 0 amide bonds. The highest BCUT2D eigenvalue weighted by Crippen LogP contribution is 2.39. The van der Waals surface area contributed by atoms with Gasteiger partial charge in [0.1, 0.15) is 11.2 Å². The van der Waals surface area contributed by atoms with Crippen molar-refractivity contribution in [1.82, 2.24) is 24.5 Å². The third-order valence-electron chi connectivity index (χ3n) is 3.77. The summed E-state index contributed by atoms with van der Waals surface area (Å²) in [6.45, 7) is 0.808. The third-order valence-corrected chi connectivity index (χ3v) is 5.55. The van der Waals surface area contributed by atoms with Gasteiger partial charge in [0.05, 0.1) is 17.9 Å². The van der Waals surface area contributed by atoms with E-state index in [9.17, 15) is 8.42 Å². The Morgan fingerprint density at radius 1 is 1.30 bits per heavy atom. The second-order valence-corrected chi connectivity index (χ2v) is 7.17. The molecule has 1 aliphatic carbocycles. The molecular formula is C11H13N5O3S. The summed E-state index contributed by atoms with van der Waals surface area (Å²) in [5.41, 5.74) is 1.02. The SMILES string of the molecule is O=S(=O)(c1cnoc1)N1CC(n2cc(C3CC3)nn2)C1. The van der Waals surface area contributed by atoms with Crippen molar-refractivity contribution in [3.05, 3.63) is 24.4 Å². The topological polar surface area (TPSA) is 94.1 Å². The average Bonchev–Trinajstić information content (AvgIpc) is 2.90. The Morgan fingerprint density at radius 3 is 2.75 bits per heavy atom. The van der Waals surface area contributed by atoms with Crippen molar-refractivity contribution in [2.24, 2.45) is 0 Å². The van der Waals surface area contributed by atoms with Gasteiger partial charge in [-0.05, 0) is 12.8 Å². The zero-order chi connectivity index (χ0) is 13.7. The lowest BCUT2D eigenvalue weighted by atomic mass is 10.2. The first-order chi connectivity index (χ1) is 9.64. The fraction of sp³-hybridized carbons (Fsp3) is 0.545. The van der Waals surface area contributed by atoms with E-state index in [-0.39, 0.29) is 10.9 Å². The zero-order valence-corrected chi connectivity index (χ0v) is 11.4. The molecule has 1 aliphatic heterocycles. The van der Waals surface area contributed by atoms with Crippen LogP contribution >= 0.6 is 0 Å². The van der Waals surface area contributed by atoms with E-state index >= 15 is 0 Å². The molecule has 1 saturated heterocycles. The van der Waals surface area contributed by atoms with Gasteiger partial charge >= 0.3 is 0 Å². The molecule has 0 atom stereocenters. The van der Waals surface area contributed by atoms with E-state index in [0.717, 1.165) is 12.0 Å². The Bertz CT molecular complexity index is 713. The van der Waals surface area contributed by atoms with Gasteiger partial charge in [-0.25, -0.2) is 13.1 Å². The van der Waals surface area contributed by atoms with E-state index in [4.69, 9.17) is 0 Å². The molecule has 8 nitrogen and oxygen atoms in total. The van der Waals surface area contributed by atoms with Crippen molar-refractivity contribution in [3.63, 3.8) is 0 Å². The first kappa shape index (κ1) is 12.0. The van der Waals surface area contributed by atoms with Crippen LogP contribution in [0.3, 0.4) is 0 Å². The summed E-state index contributed by atoms with van der Waals surface area (Å²) in [5, 5.41) is 11.7. The van der Waals surface area contributed by atoms with Crippen LogP contribution in [-0.2, 0) is 10.0 Å². The van der Waals surface area contributed by atoms with Crippen LogP contribution in [0.4, 0.5) is 0 Å². The Morgan fingerprint density at radius 2 is 2.10 bits per heavy atom. The number of aromatic nitrogens is 4. The van der Waals surface area contributed by atoms with Crippen LogP contribution in [0.25, 0.3) is 0 Å². The molecule has 2 aromatic rings. The van der Waals surface area contributed by atoms with Gasteiger partial charge < -0.3 is 4.52 Å². The Hall–Kier alpha value is -1.74. The van der Waals surface area contributed by atoms with Crippen molar-refractivity contribution in [3.8, 4) is 0 Å². The molecule has 1 saturated carbocycles. The molecule has 0 spiro atoms. The second-order valence-electron chi connectivity index (χ2n) is 5.23. The maximum absolute atomic E-state index is 12.2. The third kappa shape index (κ3) is 1.85. The van der Waals surface area contributed by atoms with Crippen LogP contribution in [0.2, 0.25) is 0 Å². The van der Waals surface area contributed by atoms with E-state index in [2.05, 4.69) is 20.0 Å². The summed E-state index contributed by atoms with van der Waals surface area (Å²) in [4.78, 5) is 0.0909. The first-order valence-electron chi connectivity index (χ1n) is 6.46. The molecule has 20 heavy (non-hydrogen) atoms. The standard InChI is InChI=1S/C11H13N5O3S/c17-20(18,10-3-12-19-7-10)15-4-9(5-15)16-6-11(13-14-16)8-1-2-8/h3,6-9H,1-2,4-5H2. The molecule has 0 unspecified atom stereocenters. The van der Waals surface area contributed by atoms with Crippen LogP contribution < -0.4 is 0 Å². The van der Waals surface area contributed by atoms with Crippen LogP contribution in [0, 0.1) is 0 Å². The molecule has 0 radical (unpaired) electrons. The van der Waals surface area contributed by atoms with E-state index in [0.29, 0.717) is 19.0 Å². The molecule has 3 heterocycles. The summed E-state index contributed by atoms with van der Waals surface area (Å²) in [5.74, 6) is 0.556. The lowest BCUT2D eigenvalue weighted by molar-refractivity contribution is 0.188. The minimum Gasteiger partial charge on any atom is -0.363 e. The zero-order valence-electron chi connectivity index (χ0n) is 10.6. The van der Waals surface area contributed by atoms with Gasteiger partial charge in [0.25, 0.3) is 0 Å². The van der Waals surface area contributed by atoms with Crippen molar-refractivity contribution >= 4 is 10.0 Å². The number of hydrogen-bond donors (Lipinski definition) is 0. The Labute approximate surface area is 115 Å². The van der Waals surface area contributed by atoms with Gasteiger partial charge in [-0.15, -0.1) is 5.10 Å². The van der Waals surface area contributed by atoms with E-state index < -0.39 is 10.0 Å². The van der Waals surface area contributed by atoms with E-state index in [1.165, 1.54) is 23.3 Å². The molecule has 106 valence electrons. The number of nitrogens with zero attached hydrogens (tertiary/aromatic N) is 5. The summed E-state index contributed by atoms with van der Waals surface area (Å²) >= 11 is 0. The smallest absolute Gasteiger partial charge is 0.248 e. The number of rotatable bonds is 4. The highest BCUT2D eigenvalue weighted by molar-refractivity contribution is 7.89. The molecule has 2 fully saturated rings. The first-order valence-corrected chi connectivity index (χ1v) is 7.90. The van der Waals surface area contributed by atoms with Gasteiger partial charge in [0.15, 0.2) is 0 Å². The molecule has 0 N–H and O–H groups in total. The summed E-state index contributed by atoms with van der Waals surface area (Å²) < 4.78 is 32.1. The molecular weight excluding hydrogens is 282 g/mol. The molecule has 2 aromatic heterocycles. The highest BCUT2D eigenvalue weighted by Gasteiger charge is 2.39. The normalized spacial score (nSPS) is 21.0. The lowest BCUT2D eigenvalue weighted by Crippen LogP contribution is -2.50. The second kappa shape index (κ2) is 4.13. The van der Waals surface area contributed by atoms with Crippen LogP contribution in [0.15, 0.2) is 28.1 Å². The summed E-state index contributed by atoms with van der Waals surface area (Å²) in [6.07, 6.45) is 6.65. The van der Waals surface area contributed by atoms with Gasteiger partial charge in [-0.2, -0.15) is 4.31 Å². The minimum absolute atomic E-state index is 0.0598. The van der Waals surface area contributed by atoms with Crippen molar-refractivity contribution in [2.75, 3.05) is 13.1 Å². The van der Waals surface area contributed by atoms with Crippen molar-refractivity contribution in [1.29, 1.82) is 0 Å². The van der Waals surface area contributed by atoms with Crippen molar-refractivity contribution < 1.29 is 12.9 Å². The van der Waals surface area contributed by atoms with Crippen molar-refractivity contribution in [2.45, 2.75) is 29.7 Å². The summed E-state index contributed by atoms with van der Waals surface area (Å²) in [7, 11) is -3.48. The van der Waals surface area contributed by atoms with Gasteiger partial charge in [0.2, 0.25) is 10.0 Å². The molecule has 0 aromatic carbocycles. The quantitative estimate of drug-likeness (QED) is 0.810. The van der Waals surface area contributed by atoms with Crippen LogP contribution in [0.1, 0.15) is 30.5 Å². The number of hydrogen-bond acceptors (Lipinski definition) is 6. The molecule has 2 aliphatic rings. The Balaban J connectivity index is 1.46. The van der Waals surface area contributed by atoms with E-state index in [1.807, 2.05) is 6.20 Å². The molecule has 9 heteroatoms. The Kier molecular flexibility index (Phi) is 2.48. The van der Waals surface area contributed by atoms with Gasteiger partial charge in [-0.1, -0.05) is 10.4 Å². The van der Waals surface area contributed by atoms with E-state index in [1.54, 1.807) is 4.68 Å². The fourth-order valence-electron chi connectivity index (χ4n) is 2.29. The maximum atomic E-state index is 12.2. The highest BCUT2D eigenvalue weighted by atomic mass is 32.2. The monoisotopic (exact) mass is 295 g/mol. The van der Waals surface area contributed by atoms with Crippen LogP contribution in [0.5, 0.6) is 0 Å². The van der Waals surface area contributed by atoms with Gasteiger partial charge in [-0.3, -0.25) is 0 Å². The predicted octanol–water partition coefficient (Wildman–Crippen LogP) is 0.389. The lowest BCUT2D eigenvalue weighted by Gasteiger charge is -2.37. The maximum Gasteiger partial charge on any atom is 0.248 e. The molecule has 0 bridgehead atoms. The summed E-state index contributed by atoms with van der Waals surface area (Å²) in [6, 6.07) is 0.0598. The predicted molar refractivity (Wildman–Crippen MR) is 66.3 cm³/mol.